The molecule has 7 nitrogen and oxygen atoms in total. The Labute approximate surface area is 109 Å². The van der Waals surface area contributed by atoms with E-state index in [0.717, 1.165) is 20.1 Å². The predicted octanol–water partition coefficient (Wildman–Crippen LogP) is 0.253. The molecular formula is C10H21NO6S. The van der Waals surface area contributed by atoms with E-state index in [1.165, 1.54) is 6.08 Å². The van der Waals surface area contributed by atoms with Gasteiger partial charge in [-0.3, -0.25) is 8.67 Å². The van der Waals surface area contributed by atoms with Crippen LogP contribution in [0, 0.1) is 0 Å². The molecule has 0 atom stereocenters. The van der Waals surface area contributed by atoms with Gasteiger partial charge in [0.1, 0.15) is 0 Å². The van der Waals surface area contributed by atoms with Crippen molar-refractivity contribution in [3.63, 3.8) is 0 Å². The predicted molar refractivity (Wildman–Crippen MR) is 65.1 cm³/mol. The van der Waals surface area contributed by atoms with Crippen LogP contribution in [0.4, 0.5) is 0 Å². The number of esters is 1. The molecule has 8 heteroatoms. The normalized spacial score (nSPS) is 11.2. The van der Waals surface area contributed by atoms with Crippen LogP contribution in [-0.4, -0.2) is 57.9 Å². The lowest BCUT2D eigenvalue weighted by atomic mass is 10.4. The first-order chi connectivity index (χ1) is 8.08. The number of hydrogen-bond donors (Lipinski definition) is 0. The Morgan fingerprint density at radius 2 is 1.89 bits per heavy atom. The van der Waals surface area contributed by atoms with Crippen LogP contribution < -0.4 is 0 Å². The molecule has 0 heterocycles. The molecule has 0 bridgehead atoms. The summed E-state index contributed by atoms with van der Waals surface area (Å²) in [6.45, 7) is 6.85. The first kappa shape index (κ1) is 19.4. The second-order valence-corrected chi connectivity index (χ2v) is 5.18. The standard InChI is InChI=1S/C9H18NO2.CH4O4S/c1-5-7-10(3,4)8-12-9(11)6-2;1-5-6(2,3)4/h6H,2,5,7-8H2,1,3-4H3;1H3,(H,2,3,4)/q+1;/p-1. The number of nitrogens with zero attached hydrogens (tertiary/aromatic N) is 1. The molecule has 0 radical (unpaired) electrons. The number of carbonyl (C=O) groups is 1. The third-order valence-electron chi connectivity index (χ3n) is 1.76. The molecule has 108 valence electrons. The van der Waals surface area contributed by atoms with Gasteiger partial charge in [-0.25, -0.2) is 13.2 Å². The second kappa shape index (κ2) is 9.03. The van der Waals surface area contributed by atoms with Crippen molar-refractivity contribution in [1.82, 2.24) is 0 Å². The Balaban J connectivity index is 0. The minimum absolute atomic E-state index is 0.350. The average molecular weight is 283 g/mol. The van der Waals surface area contributed by atoms with Gasteiger partial charge >= 0.3 is 5.97 Å². The summed E-state index contributed by atoms with van der Waals surface area (Å²) in [6, 6.07) is 0. The highest BCUT2D eigenvalue weighted by Crippen LogP contribution is 1.99. The summed E-state index contributed by atoms with van der Waals surface area (Å²) in [4.78, 5) is 10.7. The van der Waals surface area contributed by atoms with Crippen LogP contribution in [0.25, 0.3) is 0 Å². The van der Waals surface area contributed by atoms with Crippen molar-refractivity contribution in [3.8, 4) is 0 Å². The molecule has 0 spiro atoms. The van der Waals surface area contributed by atoms with Crippen molar-refractivity contribution in [1.29, 1.82) is 0 Å². The van der Waals surface area contributed by atoms with Crippen LogP contribution in [0.5, 0.6) is 0 Å². The molecule has 0 aliphatic rings. The maximum atomic E-state index is 10.7. The van der Waals surface area contributed by atoms with Gasteiger partial charge in [0, 0.05) is 6.08 Å². The third-order valence-corrected chi connectivity index (χ3v) is 2.16. The SMILES string of the molecule is C=CC(=O)OC[N+](C)(C)CCC.COS(=O)(=O)[O-]. The van der Waals surface area contributed by atoms with Crippen molar-refractivity contribution >= 4 is 16.4 Å². The topological polar surface area (TPSA) is 92.7 Å². The van der Waals surface area contributed by atoms with Gasteiger partial charge in [0.05, 0.1) is 27.7 Å². The summed E-state index contributed by atoms with van der Waals surface area (Å²) in [5.74, 6) is -0.350. The summed E-state index contributed by atoms with van der Waals surface area (Å²) in [6.07, 6.45) is 2.27. The Kier molecular flexibility index (Phi) is 9.73. The van der Waals surface area contributed by atoms with Crippen molar-refractivity contribution in [2.45, 2.75) is 13.3 Å². The Hall–Kier alpha value is -0.960. The fourth-order valence-corrected chi connectivity index (χ4v) is 0.967. The summed E-state index contributed by atoms with van der Waals surface area (Å²) in [7, 11) is 0.451. The quantitative estimate of drug-likeness (QED) is 0.173. The lowest BCUT2D eigenvalue weighted by Crippen LogP contribution is -2.42. The van der Waals surface area contributed by atoms with Gasteiger partial charge in [-0.2, -0.15) is 0 Å². The fourth-order valence-electron chi connectivity index (χ4n) is 0.967. The minimum Gasteiger partial charge on any atom is -0.726 e. The highest BCUT2D eigenvalue weighted by Gasteiger charge is 2.14. The lowest BCUT2D eigenvalue weighted by molar-refractivity contribution is -0.907. The number of ether oxygens (including phenoxy) is 1. The summed E-state index contributed by atoms with van der Waals surface area (Å²) in [5.41, 5.74) is 0. The zero-order chi connectivity index (χ0) is 14.8. The number of carbonyl (C=O) groups excluding carboxylic acids is 1. The molecule has 0 aromatic rings. The van der Waals surface area contributed by atoms with Gasteiger partial charge < -0.3 is 9.29 Å². The van der Waals surface area contributed by atoms with Crippen LogP contribution in [0.15, 0.2) is 12.7 Å². The van der Waals surface area contributed by atoms with E-state index in [0.29, 0.717) is 11.2 Å². The minimum atomic E-state index is -4.41. The number of rotatable bonds is 6. The third kappa shape index (κ3) is 15.0. The van der Waals surface area contributed by atoms with Crippen molar-refractivity contribution in [2.75, 3.05) is 34.5 Å². The van der Waals surface area contributed by atoms with Crippen LogP contribution in [0.2, 0.25) is 0 Å². The van der Waals surface area contributed by atoms with Crippen molar-refractivity contribution < 1.29 is 31.2 Å². The van der Waals surface area contributed by atoms with E-state index in [1.54, 1.807) is 0 Å². The Morgan fingerprint density at radius 1 is 1.44 bits per heavy atom. The molecular weight excluding hydrogens is 262 g/mol. The monoisotopic (exact) mass is 283 g/mol. The first-order valence-electron chi connectivity index (χ1n) is 5.20. The van der Waals surface area contributed by atoms with Crippen LogP contribution in [0.3, 0.4) is 0 Å². The molecule has 0 saturated heterocycles. The van der Waals surface area contributed by atoms with E-state index >= 15 is 0 Å². The molecule has 0 fully saturated rings. The molecule has 0 aliphatic heterocycles. The van der Waals surface area contributed by atoms with Crippen molar-refractivity contribution in [2.24, 2.45) is 0 Å². The molecule has 18 heavy (non-hydrogen) atoms. The zero-order valence-electron chi connectivity index (χ0n) is 11.2. The van der Waals surface area contributed by atoms with Gasteiger partial charge in [-0.05, 0) is 6.42 Å². The van der Waals surface area contributed by atoms with E-state index in [-0.39, 0.29) is 5.97 Å². The summed E-state index contributed by atoms with van der Waals surface area (Å²) >= 11 is 0. The average Bonchev–Trinajstić information content (AvgIpc) is 2.26. The second-order valence-electron chi connectivity index (χ2n) is 4.03. The molecule has 0 N–H and O–H groups in total. The van der Waals surface area contributed by atoms with E-state index in [9.17, 15) is 17.8 Å². The molecule has 0 saturated carbocycles. The Morgan fingerprint density at radius 3 is 2.17 bits per heavy atom. The fraction of sp³-hybridized carbons (Fsp3) is 0.700. The van der Waals surface area contributed by atoms with Gasteiger partial charge in [0.15, 0.2) is 0 Å². The van der Waals surface area contributed by atoms with E-state index in [2.05, 4.69) is 17.7 Å². The van der Waals surface area contributed by atoms with Gasteiger partial charge in [0.2, 0.25) is 17.1 Å². The first-order valence-corrected chi connectivity index (χ1v) is 6.54. The largest absolute Gasteiger partial charge is 0.726 e. The van der Waals surface area contributed by atoms with Gasteiger partial charge in [-0.15, -0.1) is 0 Å². The Bertz CT molecular complexity index is 349. The van der Waals surface area contributed by atoms with Crippen LogP contribution in [0.1, 0.15) is 13.3 Å². The summed E-state index contributed by atoms with van der Waals surface area (Å²) in [5, 5.41) is 0. The zero-order valence-corrected chi connectivity index (χ0v) is 12.0. The number of hydrogen-bond acceptors (Lipinski definition) is 6. The molecule has 0 aliphatic carbocycles. The molecule has 0 unspecified atom stereocenters. The smallest absolute Gasteiger partial charge is 0.334 e. The van der Waals surface area contributed by atoms with Crippen LogP contribution >= 0.6 is 0 Å². The van der Waals surface area contributed by atoms with Crippen molar-refractivity contribution in [3.05, 3.63) is 12.7 Å². The van der Waals surface area contributed by atoms with Gasteiger partial charge in [0.25, 0.3) is 0 Å². The highest BCUT2D eigenvalue weighted by molar-refractivity contribution is 7.80. The molecule has 0 aromatic heterocycles. The van der Waals surface area contributed by atoms with Crippen LogP contribution in [-0.2, 0) is 24.1 Å². The van der Waals surface area contributed by atoms with E-state index in [1.807, 2.05) is 14.1 Å². The highest BCUT2D eigenvalue weighted by atomic mass is 32.3. The molecule has 0 rings (SSSR count). The van der Waals surface area contributed by atoms with E-state index in [4.69, 9.17) is 4.74 Å². The maximum absolute atomic E-state index is 10.7. The molecule has 0 amide bonds. The maximum Gasteiger partial charge on any atom is 0.334 e. The number of quaternary nitrogens is 1. The van der Waals surface area contributed by atoms with Gasteiger partial charge in [-0.1, -0.05) is 13.5 Å². The lowest BCUT2D eigenvalue weighted by Gasteiger charge is -2.27. The van der Waals surface area contributed by atoms with E-state index < -0.39 is 10.4 Å². The molecule has 0 aromatic carbocycles. The summed E-state index contributed by atoms with van der Waals surface area (Å²) < 4.78 is 36.6.